The summed E-state index contributed by atoms with van der Waals surface area (Å²) in [6.45, 7) is 0. The minimum absolute atomic E-state index is 0.0194. The molecular formula is C17H19ClN4O3. The highest BCUT2D eigenvalue weighted by atomic mass is 35.5. The lowest BCUT2D eigenvalue weighted by Crippen LogP contribution is -2.25. The van der Waals surface area contributed by atoms with Crippen LogP contribution in [0.1, 0.15) is 38.5 Å². The molecule has 1 aromatic carbocycles. The van der Waals surface area contributed by atoms with Gasteiger partial charge in [0.05, 0.1) is 4.92 Å². The van der Waals surface area contributed by atoms with Crippen molar-refractivity contribution in [1.29, 1.82) is 5.26 Å². The van der Waals surface area contributed by atoms with Crippen LogP contribution in [-0.4, -0.2) is 16.9 Å². The Bertz CT molecular complexity index is 719. The monoisotopic (exact) mass is 362 g/mol. The molecule has 7 nitrogen and oxygen atoms in total. The van der Waals surface area contributed by atoms with E-state index in [0.29, 0.717) is 0 Å². The summed E-state index contributed by atoms with van der Waals surface area (Å²) in [7, 11) is 0. The third-order valence-electron chi connectivity index (χ3n) is 4.08. The number of nitriles is 1. The molecule has 1 aromatic rings. The molecule has 1 aliphatic rings. The largest absolute Gasteiger partial charge is 0.387 e. The quantitative estimate of drug-likeness (QED) is 0.271. The molecule has 2 N–H and O–H groups in total. The molecule has 1 aliphatic carbocycles. The van der Waals surface area contributed by atoms with Gasteiger partial charge in [0.15, 0.2) is 0 Å². The molecular weight excluding hydrogens is 344 g/mol. The van der Waals surface area contributed by atoms with E-state index in [1.807, 2.05) is 6.07 Å². The number of anilines is 1. The van der Waals surface area contributed by atoms with Gasteiger partial charge in [0.1, 0.15) is 16.7 Å². The SMILES string of the molecule is N#C/C(=C/NC1CCCCCC1)C(=O)Nc1ccc(Cl)c([N+](=O)[O-])c1. The van der Waals surface area contributed by atoms with Crippen molar-refractivity contribution in [2.24, 2.45) is 0 Å². The maximum absolute atomic E-state index is 12.2. The number of rotatable bonds is 5. The maximum atomic E-state index is 12.2. The van der Waals surface area contributed by atoms with Crippen LogP contribution in [0.4, 0.5) is 11.4 Å². The van der Waals surface area contributed by atoms with Crippen LogP contribution >= 0.6 is 11.6 Å². The zero-order valence-corrected chi connectivity index (χ0v) is 14.4. The van der Waals surface area contributed by atoms with Gasteiger partial charge in [-0.2, -0.15) is 5.26 Å². The van der Waals surface area contributed by atoms with Gasteiger partial charge in [0.2, 0.25) is 0 Å². The minimum atomic E-state index is -0.632. The first-order valence-corrected chi connectivity index (χ1v) is 8.50. The molecule has 0 radical (unpaired) electrons. The lowest BCUT2D eigenvalue weighted by Gasteiger charge is -2.14. The van der Waals surface area contributed by atoms with E-state index in [-0.39, 0.29) is 28.0 Å². The number of halogens is 1. The van der Waals surface area contributed by atoms with Crippen LogP contribution in [0.15, 0.2) is 30.0 Å². The Kier molecular flexibility index (Phi) is 6.78. The van der Waals surface area contributed by atoms with Crippen molar-refractivity contribution in [3.05, 3.63) is 45.1 Å². The molecule has 2 rings (SSSR count). The van der Waals surface area contributed by atoms with Gasteiger partial charge in [0, 0.05) is 24.0 Å². The van der Waals surface area contributed by atoms with Gasteiger partial charge in [-0.05, 0) is 25.0 Å². The zero-order chi connectivity index (χ0) is 18.2. The fourth-order valence-corrected chi connectivity index (χ4v) is 2.91. The van der Waals surface area contributed by atoms with Crippen LogP contribution in [0.5, 0.6) is 0 Å². The lowest BCUT2D eigenvalue weighted by atomic mass is 10.1. The van der Waals surface area contributed by atoms with Crippen LogP contribution in [0.2, 0.25) is 5.02 Å². The average Bonchev–Trinajstić information content (AvgIpc) is 2.85. The van der Waals surface area contributed by atoms with E-state index >= 15 is 0 Å². The Morgan fingerprint density at radius 1 is 1.32 bits per heavy atom. The molecule has 1 saturated carbocycles. The smallest absolute Gasteiger partial charge is 0.289 e. The number of carbonyl (C=O) groups is 1. The van der Waals surface area contributed by atoms with Gasteiger partial charge in [-0.25, -0.2) is 0 Å². The maximum Gasteiger partial charge on any atom is 0.289 e. The summed E-state index contributed by atoms with van der Waals surface area (Å²) >= 11 is 5.74. The number of nitrogens with one attached hydrogen (secondary N) is 2. The second-order valence-corrected chi connectivity index (χ2v) is 6.31. The normalized spacial score (nSPS) is 15.8. The van der Waals surface area contributed by atoms with Gasteiger partial charge < -0.3 is 10.6 Å². The topological polar surface area (TPSA) is 108 Å². The van der Waals surface area contributed by atoms with Crippen molar-refractivity contribution in [3.63, 3.8) is 0 Å². The Labute approximate surface area is 150 Å². The molecule has 25 heavy (non-hydrogen) atoms. The van der Waals surface area contributed by atoms with Gasteiger partial charge in [-0.1, -0.05) is 37.3 Å². The molecule has 1 amide bonds. The molecule has 0 saturated heterocycles. The average molecular weight is 363 g/mol. The fraction of sp³-hybridized carbons (Fsp3) is 0.412. The Hall–Kier alpha value is -2.59. The third-order valence-corrected chi connectivity index (χ3v) is 4.40. The summed E-state index contributed by atoms with van der Waals surface area (Å²) < 4.78 is 0. The molecule has 0 aromatic heterocycles. The molecule has 0 spiro atoms. The number of nitrogens with zero attached hydrogens (tertiary/aromatic N) is 2. The predicted molar refractivity (Wildman–Crippen MR) is 95.1 cm³/mol. The van der Waals surface area contributed by atoms with Crippen molar-refractivity contribution in [3.8, 4) is 6.07 Å². The van der Waals surface area contributed by atoms with Crippen molar-refractivity contribution >= 4 is 28.9 Å². The van der Waals surface area contributed by atoms with Crippen molar-refractivity contribution < 1.29 is 9.72 Å². The van der Waals surface area contributed by atoms with E-state index in [9.17, 15) is 20.2 Å². The molecule has 0 heterocycles. The Morgan fingerprint density at radius 2 is 2.00 bits per heavy atom. The van der Waals surface area contributed by atoms with Gasteiger partial charge >= 0.3 is 0 Å². The highest BCUT2D eigenvalue weighted by Gasteiger charge is 2.16. The van der Waals surface area contributed by atoms with Crippen LogP contribution in [0.25, 0.3) is 0 Å². The highest BCUT2D eigenvalue weighted by molar-refractivity contribution is 6.32. The first-order chi connectivity index (χ1) is 12.0. The standard InChI is InChI=1S/C17H19ClN4O3/c18-15-8-7-14(9-16(15)22(24)25)21-17(23)12(10-19)11-20-13-5-3-1-2-4-6-13/h7-9,11,13,20H,1-6H2,(H,21,23)/b12-11-. The molecule has 132 valence electrons. The first kappa shape index (κ1) is 18.7. The van der Waals surface area contributed by atoms with Gasteiger partial charge in [-0.15, -0.1) is 0 Å². The van der Waals surface area contributed by atoms with Crippen LogP contribution in [-0.2, 0) is 4.79 Å². The Morgan fingerprint density at radius 3 is 2.60 bits per heavy atom. The molecule has 0 bridgehead atoms. The first-order valence-electron chi connectivity index (χ1n) is 8.13. The Balaban J connectivity index is 2.04. The number of hydrogen-bond acceptors (Lipinski definition) is 5. The number of hydrogen-bond donors (Lipinski definition) is 2. The second kappa shape index (κ2) is 9.04. The van der Waals surface area contributed by atoms with E-state index in [1.165, 1.54) is 31.2 Å². The number of nitro benzene ring substituents is 1. The number of carbonyl (C=O) groups excluding carboxylic acids is 1. The van der Waals surface area contributed by atoms with E-state index < -0.39 is 10.8 Å². The second-order valence-electron chi connectivity index (χ2n) is 5.90. The van der Waals surface area contributed by atoms with E-state index in [1.54, 1.807) is 0 Å². The number of amides is 1. The number of nitro groups is 1. The predicted octanol–water partition coefficient (Wildman–Crippen LogP) is 3.91. The van der Waals surface area contributed by atoms with Crippen LogP contribution in [0, 0.1) is 21.4 Å². The summed E-state index contributed by atoms with van der Waals surface area (Å²) in [6.07, 6.45) is 8.14. The molecule has 0 aliphatic heterocycles. The van der Waals surface area contributed by atoms with Crippen LogP contribution < -0.4 is 10.6 Å². The minimum Gasteiger partial charge on any atom is -0.387 e. The van der Waals surface area contributed by atoms with Gasteiger partial charge in [0.25, 0.3) is 11.6 Å². The summed E-state index contributed by atoms with van der Waals surface area (Å²) in [5.74, 6) is -0.625. The highest BCUT2D eigenvalue weighted by Crippen LogP contribution is 2.27. The molecule has 0 atom stereocenters. The van der Waals surface area contributed by atoms with E-state index in [2.05, 4.69) is 10.6 Å². The molecule has 0 unspecified atom stereocenters. The van der Waals surface area contributed by atoms with Crippen LogP contribution in [0.3, 0.4) is 0 Å². The summed E-state index contributed by atoms with van der Waals surface area (Å²) in [5, 5.41) is 25.7. The van der Waals surface area contributed by atoms with E-state index in [0.717, 1.165) is 31.7 Å². The van der Waals surface area contributed by atoms with Gasteiger partial charge in [-0.3, -0.25) is 14.9 Å². The molecule has 1 fully saturated rings. The lowest BCUT2D eigenvalue weighted by molar-refractivity contribution is -0.384. The van der Waals surface area contributed by atoms with Crippen molar-refractivity contribution in [2.45, 2.75) is 44.6 Å². The number of benzene rings is 1. The molecule has 8 heteroatoms. The summed E-state index contributed by atoms with van der Waals surface area (Å²) in [6, 6.07) is 6.05. The third kappa shape index (κ3) is 5.47. The van der Waals surface area contributed by atoms with Crippen molar-refractivity contribution in [1.82, 2.24) is 5.32 Å². The fourth-order valence-electron chi connectivity index (χ4n) is 2.72. The summed E-state index contributed by atoms with van der Waals surface area (Å²) in [5.41, 5.74) is -0.183. The van der Waals surface area contributed by atoms with Crippen molar-refractivity contribution in [2.75, 3.05) is 5.32 Å². The zero-order valence-electron chi connectivity index (χ0n) is 13.6. The van der Waals surface area contributed by atoms with E-state index in [4.69, 9.17) is 11.6 Å². The summed E-state index contributed by atoms with van der Waals surface area (Å²) in [4.78, 5) is 22.5.